The molecular weight excluding hydrogens is 448 g/mol. The number of furan rings is 1. The zero-order chi connectivity index (χ0) is 33.9. The minimum Gasteiger partial charge on any atom is -0.455 e. The van der Waals surface area contributed by atoms with Crippen molar-refractivity contribution in [3.05, 3.63) is 133 Å². The van der Waals surface area contributed by atoms with Gasteiger partial charge in [0.25, 0.3) is 0 Å². The van der Waals surface area contributed by atoms with Crippen molar-refractivity contribution in [1.29, 1.82) is 0 Å². The normalized spacial score (nSPS) is 15.9. The largest absolute Gasteiger partial charge is 0.455 e. The van der Waals surface area contributed by atoms with Crippen LogP contribution in [0.5, 0.6) is 0 Å². The van der Waals surface area contributed by atoms with Gasteiger partial charge >= 0.3 is 0 Å². The molecule has 0 amide bonds. The molecule has 1 aromatic heterocycles. The highest BCUT2D eigenvalue weighted by atomic mass is 16.3. The van der Waals surface area contributed by atoms with Crippen molar-refractivity contribution in [3.8, 4) is 22.3 Å². The van der Waals surface area contributed by atoms with Gasteiger partial charge in [-0.15, -0.1) is 0 Å². The summed E-state index contributed by atoms with van der Waals surface area (Å²) in [6, 6.07) is 16.3. The van der Waals surface area contributed by atoms with Gasteiger partial charge in [-0.1, -0.05) is 115 Å². The van der Waals surface area contributed by atoms with Crippen LogP contribution in [0.15, 0.2) is 138 Å². The molecule has 0 radical (unpaired) electrons. The van der Waals surface area contributed by atoms with Gasteiger partial charge in [-0.3, -0.25) is 0 Å². The minimum absolute atomic E-state index is 0.0497. The van der Waals surface area contributed by atoms with Gasteiger partial charge in [-0.2, -0.15) is 0 Å². The zero-order valence-corrected chi connectivity index (χ0v) is 19.3. The molecule has 0 aliphatic heterocycles. The zero-order valence-electron chi connectivity index (χ0n) is 30.3. The fourth-order valence-corrected chi connectivity index (χ4v) is 5.34. The average molecular weight is 482 g/mol. The molecule has 8 aromatic rings. The number of benzene rings is 7. The summed E-state index contributed by atoms with van der Waals surface area (Å²) in [5.74, 6) is 0. The Balaban J connectivity index is 1.51. The van der Waals surface area contributed by atoms with Gasteiger partial charge in [0.15, 0.2) is 0 Å². The third kappa shape index (κ3) is 2.98. The van der Waals surface area contributed by atoms with E-state index in [0.717, 1.165) is 21.9 Å². The first-order valence-corrected chi connectivity index (χ1v) is 11.8. The molecule has 0 unspecified atom stereocenters. The van der Waals surface area contributed by atoms with Crippen molar-refractivity contribution >= 4 is 54.3 Å². The van der Waals surface area contributed by atoms with E-state index >= 15 is 0 Å². The summed E-state index contributed by atoms with van der Waals surface area (Å²) >= 11 is 0. The average Bonchev–Trinajstić information content (AvgIpc) is 3.48. The van der Waals surface area contributed by atoms with Crippen LogP contribution >= 0.6 is 0 Å². The van der Waals surface area contributed by atoms with E-state index in [9.17, 15) is 0 Å². The van der Waals surface area contributed by atoms with E-state index < -0.39 is 36.3 Å². The first kappa shape index (κ1) is 12.4. The summed E-state index contributed by atoms with van der Waals surface area (Å²) in [6.45, 7) is 0. The molecule has 0 saturated heterocycles. The Morgan fingerprint density at radius 2 is 1.08 bits per heavy atom. The van der Waals surface area contributed by atoms with E-state index in [-0.39, 0.29) is 57.5 Å². The number of hydrogen-bond donors (Lipinski definition) is 0. The predicted octanol–water partition coefficient (Wildman–Crippen LogP) is 10.4. The lowest BCUT2D eigenvalue weighted by atomic mass is 9.86. The van der Waals surface area contributed by atoms with Crippen LogP contribution < -0.4 is 0 Å². The van der Waals surface area contributed by atoms with E-state index in [4.69, 9.17) is 19.5 Å². The molecule has 7 aromatic carbocycles. The van der Waals surface area contributed by atoms with Gasteiger partial charge in [-0.25, -0.2) is 0 Å². The lowest BCUT2D eigenvalue weighted by molar-refractivity contribution is 0.672. The van der Waals surface area contributed by atoms with Gasteiger partial charge in [-0.05, 0) is 67.4 Å². The van der Waals surface area contributed by atoms with Crippen LogP contribution in [0.1, 0.15) is 15.1 Å². The Labute approximate surface area is 229 Å². The van der Waals surface area contributed by atoms with Gasteiger partial charge < -0.3 is 4.42 Å². The molecule has 37 heavy (non-hydrogen) atoms. The summed E-state index contributed by atoms with van der Waals surface area (Å²) < 4.78 is 99.6. The number of rotatable bonds is 2. The molecule has 0 aliphatic rings. The smallest absolute Gasteiger partial charge is 0.143 e. The lowest BCUT2D eigenvalue weighted by Gasteiger charge is -2.17. The second-order valence-electron chi connectivity index (χ2n) is 8.86. The van der Waals surface area contributed by atoms with Crippen molar-refractivity contribution in [2.75, 3.05) is 0 Å². The van der Waals surface area contributed by atoms with Crippen LogP contribution in [0.3, 0.4) is 0 Å². The fourth-order valence-electron chi connectivity index (χ4n) is 5.34. The fraction of sp³-hybridized carbons (Fsp3) is 0. The summed E-state index contributed by atoms with van der Waals surface area (Å²) in [5.41, 5.74) is 2.64. The molecule has 0 spiro atoms. The third-order valence-electron chi connectivity index (χ3n) is 6.89. The molecule has 0 aliphatic carbocycles. The number of hydrogen-bond acceptors (Lipinski definition) is 1. The van der Waals surface area contributed by atoms with Crippen LogP contribution in [0, 0.1) is 0 Å². The molecule has 0 N–H and O–H groups in total. The number of fused-ring (bicyclic) bond motifs is 7. The summed E-state index contributed by atoms with van der Waals surface area (Å²) in [5, 5.41) is 3.62. The van der Waals surface area contributed by atoms with Crippen LogP contribution in [0.4, 0.5) is 0 Å². The van der Waals surface area contributed by atoms with E-state index in [2.05, 4.69) is 0 Å². The molecule has 172 valence electrons. The molecule has 0 atom stereocenters. The second kappa shape index (κ2) is 7.81. The van der Waals surface area contributed by atoms with Crippen molar-refractivity contribution in [1.82, 2.24) is 0 Å². The Bertz CT molecular complexity index is 2660. The molecule has 0 saturated carbocycles. The molecule has 8 rings (SSSR count). The first-order chi connectivity index (χ1) is 22.9. The summed E-state index contributed by atoms with van der Waals surface area (Å²) in [6.07, 6.45) is 0. The Morgan fingerprint density at radius 1 is 0.459 bits per heavy atom. The first-order valence-electron chi connectivity index (χ1n) is 17.3. The van der Waals surface area contributed by atoms with E-state index in [1.54, 1.807) is 6.07 Å². The topological polar surface area (TPSA) is 13.1 Å². The van der Waals surface area contributed by atoms with Gasteiger partial charge in [0, 0.05) is 16.2 Å². The lowest BCUT2D eigenvalue weighted by Crippen LogP contribution is -1.90. The van der Waals surface area contributed by atoms with Gasteiger partial charge in [0.2, 0.25) is 0 Å². The predicted molar refractivity (Wildman–Crippen MR) is 157 cm³/mol. The van der Waals surface area contributed by atoms with Gasteiger partial charge in [0.05, 0.1) is 15.1 Å². The molecule has 1 nitrogen and oxygen atoms in total. The third-order valence-corrected chi connectivity index (χ3v) is 6.89. The van der Waals surface area contributed by atoms with Crippen molar-refractivity contribution in [2.24, 2.45) is 0 Å². The second-order valence-corrected chi connectivity index (χ2v) is 8.86. The van der Waals surface area contributed by atoms with Crippen molar-refractivity contribution in [3.63, 3.8) is 0 Å². The maximum Gasteiger partial charge on any atom is 0.143 e. The van der Waals surface area contributed by atoms with E-state index in [1.807, 2.05) is 60.7 Å². The van der Waals surface area contributed by atoms with Crippen LogP contribution in [0.25, 0.3) is 76.5 Å². The van der Waals surface area contributed by atoms with Crippen LogP contribution in [-0.4, -0.2) is 0 Å². The maximum atomic E-state index is 8.93. The molecule has 1 heteroatoms. The minimum atomic E-state index is -0.482. The highest BCUT2D eigenvalue weighted by Crippen LogP contribution is 2.45. The van der Waals surface area contributed by atoms with E-state index in [0.29, 0.717) is 27.3 Å². The standard InChI is InChI=1S/C36H22O/c1-2-11-24(12-3-1)34-27-14-6-8-16-29(27)35(30-17-9-7-15-28(30)34)25-19-21-33-32(22-25)31-20-18-23-10-4-5-13-26(23)36(31)37-33/h1-22H/i1D,2D,3D,4D,5D,10D,11D,12D,13D,18D,20D. The summed E-state index contributed by atoms with van der Waals surface area (Å²) in [4.78, 5) is 0. The Hall–Kier alpha value is -4.88. The highest BCUT2D eigenvalue weighted by Gasteiger charge is 2.18. The van der Waals surface area contributed by atoms with Crippen molar-refractivity contribution in [2.45, 2.75) is 0 Å². The maximum absolute atomic E-state index is 8.93. The molecular formula is C36H22O. The monoisotopic (exact) mass is 481 g/mol. The summed E-state index contributed by atoms with van der Waals surface area (Å²) in [7, 11) is 0. The molecule has 0 fully saturated rings. The van der Waals surface area contributed by atoms with Crippen LogP contribution in [0.2, 0.25) is 0 Å². The quantitative estimate of drug-likeness (QED) is 0.224. The van der Waals surface area contributed by atoms with Crippen molar-refractivity contribution < 1.29 is 19.5 Å². The SMILES string of the molecule is [2H]c1c([2H])c([2H])c(-c2c3ccccc3c(-c3ccc4oc5c6c([2H])c([2H])c([2H])c([2H])c6c([2H])c([2H])c5c4c3)c3ccccc23)c([2H])c1[2H]. The molecule has 1 heterocycles. The highest BCUT2D eigenvalue weighted by molar-refractivity contribution is 6.22. The van der Waals surface area contributed by atoms with E-state index in [1.165, 1.54) is 0 Å². The Kier molecular flexibility index (Phi) is 2.61. The molecule has 0 bridgehead atoms. The van der Waals surface area contributed by atoms with Gasteiger partial charge in [0.1, 0.15) is 11.2 Å². The Morgan fingerprint density at radius 3 is 1.78 bits per heavy atom. The van der Waals surface area contributed by atoms with Crippen LogP contribution in [-0.2, 0) is 0 Å².